The molecule has 28 heavy (non-hydrogen) atoms. The summed E-state index contributed by atoms with van der Waals surface area (Å²) in [6, 6.07) is 14.3. The molecule has 0 saturated heterocycles. The molecule has 0 spiro atoms. The molecule has 2 aromatic rings. The number of esters is 1. The van der Waals surface area contributed by atoms with Crippen molar-refractivity contribution in [3.63, 3.8) is 0 Å². The van der Waals surface area contributed by atoms with E-state index in [-0.39, 0.29) is 31.8 Å². The van der Waals surface area contributed by atoms with Crippen molar-refractivity contribution < 1.29 is 9.53 Å². The molecule has 2 nitrogen and oxygen atoms in total. The topological polar surface area (TPSA) is 26.3 Å². The molecule has 0 fully saturated rings. The molecule has 1 aliphatic carbocycles. The van der Waals surface area contributed by atoms with Crippen molar-refractivity contribution >= 4 is 25.4 Å². The Kier molecular flexibility index (Phi) is 6.04. The molecule has 0 atom stereocenters. The zero-order chi connectivity index (χ0) is 20.4. The summed E-state index contributed by atoms with van der Waals surface area (Å²) in [5.74, 6) is 2.95. The van der Waals surface area contributed by atoms with Crippen molar-refractivity contribution in [2.75, 3.05) is 6.61 Å². The molecule has 0 amide bonds. The fourth-order valence-corrected chi connectivity index (χ4v) is 4.94. The average Bonchev–Trinajstić information content (AvgIpc) is 2.66. The molecule has 0 unspecified atom stereocenters. The van der Waals surface area contributed by atoms with Gasteiger partial charge in [0, 0.05) is 0 Å². The monoisotopic (exact) mass is 440 g/mol. The average molecular weight is 439 g/mol. The minimum absolute atomic E-state index is 0.104. The van der Waals surface area contributed by atoms with E-state index in [9.17, 15) is 4.79 Å². The number of carbonyl (C=O) groups excluding carboxylic acids is 1. The SMILES string of the molecule is CCOC(=O)c1ccc(C#C[Se]c2ccc3c(c2)C(C)(C)CCC3(C)C)cc1. The molecule has 1 aliphatic rings. The Morgan fingerprint density at radius 2 is 1.64 bits per heavy atom. The molecule has 2 aromatic carbocycles. The van der Waals surface area contributed by atoms with E-state index in [1.807, 2.05) is 19.1 Å². The summed E-state index contributed by atoms with van der Waals surface area (Å²) in [5.41, 5.74) is 4.96. The van der Waals surface area contributed by atoms with E-state index in [1.54, 1.807) is 12.1 Å². The third-order valence-corrected chi connectivity index (χ3v) is 7.04. The maximum absolute atomic E-state index is 11.7. The number of hydrogen-bond donors (Lipinski definition) is 0. The molecule has 0 radical (unpaired) electrons. The van der Waals surface area contributed by atoms with E-state index >= 15 is 0 Å². The van der Waals surface area contributed by atoms with Gasteiger partial charge in [0.15, 0.2) is 0 Å². The predicted octanol–water partition coefficient (Wildman–Crippen LogP) is 4.55. The molecular weight excluding hydrogens is 411 g/mol. The minimum atomic E-state index is -0.286. The van der Waals surface area contributed by atoms with E-state index in [2.05, 4.69) is 56.6 Å². The van der Waals surface area contributed by atoms with Crippen LogP contribution in [0, 0.1) is 10.7 Å². The van der Waals surface area contributed by atoms with Crippen molar-refractivity contribution in [2.45, 2.75) is 58.3 Å². The van der Waals surface area contributed by atoms with Gasteiger partial charge in [0.25, 0.3) is 0 Å². The van der Waals surface area contributed by atoms with Gasteiger partial charge >= 0.3 is 175 Å². The number of fused-ring (bicyclic) bond motifs is 1. The Hall–Kier alpha value is -2.01. The molecule has 0 bridgehead atoms. The molecule has 0 saturated carbocycles. The van der Waals surface area contributed by atoms with Crippen molar-refractivity contribution in [3.05, 3.63) is 64.7 Å². The van der Waals surface area contributed by atoms with E-state index in [4.69, 9.17) is 4.74 Å². The van der Waals surface area contributed by atoms with E-state index in [0.29, 0.717) is 12.2 Å². The van der Waals surface area contributed by atoms with Crippen LogP contribution in [-0.4, -0.2) is 27.5 Å². The van der Waals surface area contributed by atoms with Crippen LogP contribution >= 0.6 is 0 Å². The van der Waals surface area contributed by atoms with Gasteiger partial charge in [-0.3, -0.25) is 0 Å². The number of carbonyl (C=O) groups is 1. The Morgan fingerprint density at radius 3 is 2.29 bits per heavy atom. The summed E-state index contributed by atoms with van der Waals surface area (Å²) in [6.07, 6.45) is 2.46. The van der Waals surface area contributed by atoms with Gasteiger partial charge in [0.2, 0.25) is 0 Å². The summed E-state index contributed by atoms with van der Waals surface area (Å²) in [7, 11) is 0. The van der Waals surface area contributed by atoms with Gasteiger partial charge in [0.05, 0.1) is 0 Å². The molecule has 0 N–H and O–H groups in total. The predicted molar refractivity (Wildman–Crippen MR) is 116 cm³/mol. The fourth-order valence-electron chi connectivity index (χ4n) is 3.68. The van der Waals surface area contributed by atoms with Crippen LogP contribution in [0.25, 0.3) is 0 Å². The van der Waals surface area contributed by atoms with Crippen LogP contribution in [0.1, 0.15) is 74.5 Å². The second kappa shape index (κ2) is 8.16. The Morgan fingerprint density at radius 1 is 1.00 bits per heavy atom. The first-order valence-corrected chi connectivity index (χ1v) is 11.5. The first kappa shape index (κ1) is 20.7. The molecule has 0 heterocycles. The molecule has 3 heteroatoms. The van der Waals surface area contributed by atoms with Gasteiger partial charge in [-0.15, -0.1) is 0 Å². The zero-order valence-corrected chi connectivity index (χ0v) is 19.1. The van der Waals surface area contributed by atoms with Crippen molar-refractivity contribution in [2.24, 2.45) is 0 Å². The van der Waals surface area contributed by atoms with Gasteiger partial charge in [-0.1, -0.05) is 0 Å². The number of rotatable bonds is 3. The summed E-state index contributed by atoms with van der Waals surface area (Å²) < 4.78 is 6.34. The number of hydrogen-bond acceptors (Lipinski definition) is 2. The van der Waals surface area contributed by atoms with Gasteiger partial charge in [-0.2, -0.15) is 0 Å². The van der Waals surface area contributed by atoms with Crippen molar-refractivity contribution in [3.8, 4) is 10.7 Å². The van der Waals surface area contributed by atoms with Crippen LogP contribution in [0.4, 0.5) is 0 Å². The van der Waals surface area contributed by atoms with Gasteiger partial charge in [-0.25, -0.2) is 0 Å². The molecule has 0 aromatic heterocycles. The first-order valence-electron chi connectivity index (χ1n) is 9.83. The Labute approximate surface area is 175 Å². The third-order valence-electron chi connectivity index (χ3n) is 5.58. The quantitative estimate of drug-likeness (QED) is 0.399. The van der Waals surface area contributed by atoms with Gasteiger partial charge in [-0.05, 0) is 0 Å². The molecule has 146 valence electrons. The van der Waals surface area contributed by atoms with Crippen molar-refractivity contribution in [1.29, 1.82) is 0 Å². The van der Waals surface area contributed by atoms with Crippen molar-refractivity contribution in [1.82, 2.24) is 0 Å². The normalized spacial score (nSPS) is 16.5. The summed E-state index contributed by atoms with van der Waals surface area (Å²) in [6.45, 7) is 11.6. The first-order chi connectivity index (χ1) is 13.2. The second-order valence-corrected chi connectivity index (χ2v) is 10.4. The number of benzene rings is 2. The standard InChI is InChI=1S/C25H28O2Se/c1-6-27-23(26)19-9-7-18(8-10-19)13-16-28-20-11-12-21-22(17-20)25(4,5)15-14-24(21,2)3/h7-12,17H,6,14-15H2,1-5H3. The zero-order valence-electron chi connectivity index (χ0n) is 17.4. The van der Waals surface area contributed by atoms with Crippen LogP contribution in [0.3, 0.4) is 0 Å². The molecule has 0 aliphatic heterocycles. The van der Waals surface area contributed by atoms with Crippen LogP contribution in [-0.2, 0) is 15.6 Å². The summed E-state index contributed by atoms with van der Waals surface area (Å²) >= 11 is 0.104. The summed E-state index contributed by atoms with van der Waals surface area (Å²) in [5, 5.41) is 0. The Bertz CT molecular complexity index is 927. The van der Waals surface area contributed by atoms with Gasteiger partial charge in [0.1, 0.15) is 0 Å². The van der Waals surface area contributed by atoms with E-state index in [1.165, 1.54) is 28.4 Å². The fraction of sp³-hybridized carbons (Fsp3) is 0.400. The van der Waals surface area contributed by atoms with Crippen LogP contribution in [0.2, 0.25) is 0 Å². The third kappa shape index (κ3) is 4.52. The maximum atomic E-state index is 11.7. The summed E-state index contributed by atoms with van der Waals surface area (Å²) in [4.78, 5) is 15.1. The van der Waals surface area contributed by atoms with E-state index in [0.717, 1.165) is 5.56 Å². The van der Waals surface area contributed by atoms with Crippen LogP contribution in [0.15, 0.2) is 42.5 Å². The Balaban J connectivity index is 1.75. The van der Waals surface area contributed by atoms with E-state index < -0.39 is 0 Å². The van der Waals surface area contributed by atoms with Crippen LogP contribution < -0.4 is 4.46 Å². The van der Waals surface area contributed by atoms with Gasteiger partial charge < -0.3 is 0 Å². The second-order valence-electron chi connectivity index (χ2n) is 8.60. The van der Waals surface area contributed by atoms with Crippen LogP contribution in [0.5, 0.6) is 0 Å². The molecular formula is C25H28O2Se. The number of ether oxygens (including phenoxy) is 1. The molecule has 3 rings (SSSR count).